The SMILES string of the molecule is CCC(=O)C1(OC)C=CC=C1. The van der Waals surface area contributed by atoms with Gasteiger partial charge in [-0.1, -0.05) is 19.1 Å². The molecule has 0 aromatic heterocycles. The van der Waals surface area contributed by atoms with Crippen LogP contribution in [0.4, 0.5) is 0 Å². The molecular formula is C9H12O2. The Morgan fingerprint density at radius 3 is 2.36 bits per heavy atom. The molecule has 0 spiro atoms. The van der Waals surface area contributed by atoms with Crippen molar-refractivity contribution in [3.63, 3.8) is 0 Å². The molecule has 0 aromatic rings. The first-order valence-electron chi connectivity index (χ1n) is 3.70. The summed E-state index contributed by atoms with van der Waals surface area (Å²) in [5.74, 6) is 0.102. The largest absolute Gasteiger partial charge is 0.362 e. The van der Waals surface area contributed by atoms with E-state index < -0.39 is 5.60 Å². The van der Waals surface area contributed by atoms with Crippen LogP contribution in [0.2, 0.25) is 0 Å². The molecule has 60 valence electrons. The van der Waals surface area contributed by atoms with Crippen LogP contribution in [0, 0.1) is 0 Å². The van der Waals surface area contributed by atoms with Gasteiger partial charge in [0.2, 0.25) is 0 Å². The Morgan fingerprint density at radius 2 is 2.00 bits per heavy atom. The van der Waals surface area contributed by atoms with E-state index in [0.717, 1.165) is 0 Å². The zero-order valence-electron chi connectivity index (χ0n) is 6.83. The third-order valence-electron chi connectivity index (χ3n) is 1.89. The van der Waals surface area contributed by atoms with Gasteiger partial charge in [0.1, 0.15) is 0 Å². The number of carbonyl (C=O) groups is 1. The molecule has 0 saturated carbocycles. The first kappa shape index (κ1) is 8.21. The summed E-state index contributed by atoms with van der Waals surface area (Å²) in [6.07, 6.45) is 7.72. The van der Waals surface area contributed by atoms with Gasteiger partial charge < -0.3 is 4.74 Å². The molecule has 2 heteroatoms. The van der Waals surface area contributed by atoms with Gasteiger partial charge in [0.05, 0.1) is 0 Å². The lowest BCUT2D eigenvalue weighted by Gasteiger charge is -2.20. The second-order valence-electron chi connectivity index (χ2n) is 2.49. The lowest BCUT2D eigenvalue weighted by atomic mass is 9.98. The molecule has 11 heavy (non-hydrogen) atoms. The van der Waals surface area contributed by atoms with Gasteiger partial charge in [-0.3, -0.25) is 4.79 Å². The smallest absolute Gasteiger partial charge is 0.172 e. The van der Waals surface area contributed by atoms with Crippen molar-refractivity contribution in [3.8, 4) is 0 Å². The number of hydrogen-bond acceptors (Lipinski definition) is 2. The highest BCUT2D eigenvalue weighted by molar-refractivity contribution is 5.92. The van der Waals surface area contributed by atoms with Gasteiger partial charge in [-0.05, 0) is 12.2 Å². The van der Waals surface area contributed by atoms with Gasteiger partial charge in [-0.2, -0.15) is 0 Å². The predicted molar refractivity (Wildman–Crippen MR) is 43.3 cm³/mol. The van der Waals surface area contributed by atoms with Crippen LogP contribution < -0.4 is 0 Å². The van der Waals surface area contributed by atoms with Crippen LogP contribution in [0.25, 0.3) is 0 Å². The van der Waals surface area contributed by atoms with Gasteiger partial charge in [-0.25, -0.2) is 0 Å². The number of rotatable bonds is 3. The summed E-state index contributed by atoms with van der Waals surface area (Å²) in [4.78, 5) is 11.3. The highest BCUT2D eigenvalue weighted by Gasteiger charge is 2.32. The number of hydrogen-bond donors (Lipinski definition) is 0. The molecular weight excluding hydrogens is 140 g/mol. The van der Waals surface area contributed by atoms with Gasteiger partial charge in [0.15, 0.2) is 11.4 Å². The number of allylic oxidation sites excluding steroid dienone is 2. The van der Waals surface area contributed by atoms with Crippen LogP contribution in [0.1, 0.15) is 13.3 Å². The second-order valence-corrected chi connectivity index (χ2v) is 2.49. The molecule has 0 amide bonds. The second kappa shape index (κ2) is 3.01. The minimum absolute atomic E-state index is 0.102. The maximum atomic E-state index is 11.3. The Kier molecular flexibility index (Phi) is 2.25. The van der Waals surface area contributed by atoms with Gasteiger partial charge in [0.25, 0.3) is 0 Å². The van der Waals surface area contributed by atoms with Crippen LogP contribution in [0.3, 0.4) is 0 Å². The molecule has 0 radical (unpaired) electrons. The van der Waals surface area contributed by atoms with Crippen molar-refractivity contribution in [2.45, 2.75) is 18.9 Å². The maximum Gasteiger partial charge on any atom is 0.172 e. The third kappa shape index (κ3) is 1.26. The zero-order chi connectivity index (χ0) is 8.32. The lowest BCUT2D eigenvalue weighted by Crippen LogP contribution is -2.34. The topological polar surface area (TPSA) is 26.3 Å². The Balaban J connectivity index is 2.85. The Labute approximate surface area is 66.5 Å². The molecule has 1 rings (SSSR count). The van der Waals surface area contributed by atoms with Gasteiger partial charge in [0, 0.05) is 13.5 Å². The summed E-state index contributed by atoms with van der Waals surface area (Å²) in [6, 6.07) is 0. The standard InChI is InChI=1S/C9H12O2/c1-3-8(10)9(11-2)6-4-5-7-9/h4-7H,3H2,1-2H3. The van der Waals surface area contributed by atoms with Crippen LogP contribution >= 0.6 is 0 Å². The normalized spacial score (nSPS) is 19.1. The van der Waals surface area contributed by atoms with Crippen molar-refractivity contribution in [1.82, 2.24) is 0 Å². The molecule has 1 aliphatic rings. The van der Waals surface area contributed by atoms with Gasteiger partial charge >= 0.3 is 0 Å². The number of Topliss-reactive ketones (excluding diaryl/α,β-unsaturated/α-hetero) is 1. The molecule has 0 bridgehead atoms. The van der Waals surface area contributed by atoms with E-state index in [4.69, 9.17) is 4.74 Å². The minimum Gasteiger partial charge on any atom is -0.362 e. The van der Waals surface area contributed by atoms with Crippen molar-refractivity contribution < 1.29 is 9.53 Å². The van der Waals surface area contributed by atoms with Crippen molar-refractivity contribution in [2.24, 2.45) is 0 Å². The molecule has 0 unspecified atom stereocenters. The molecule has 0 N–H and O–H groups in total. The number of carbonyl (C=O) groups excluding carboxylic acids is 1. The molecule has 0 aromatic carbocycles. The highest BCUT2D eigenvalue weighted by Crippen LogP contribution is 2.21. The van der Waals surface area contributed by atoms with E-state index in [2.05, 4.69) is 0 Å². The first-order chi connectivity index (χ1) is 5.25. The molecule has 0 heterocycles. The molecule has 2 nitrogen and oxygen atoms in total. The lowest BCUT2D eigenvalue weighted by molar-refractivity contribution is -0.131. The zero-order valence-corrected chi connectivity index (χ0v) is 6.83. The Morgan fingerprint density at radius 1 is 1.45 bits per heavy atom. The van der Waals surface area contributed by atoms with Crippen molar-refractivity contribution in [1.29, 1.82) is 0 Å². The molecule has 0 atom stereocenters. The Hall–Kier alpha value is -0.890. The molecule has 1 aliphatic carbocycles. The molecule has 0 saturated heterocycles. The van der Waals surface area contributed by atoms with Crippen LogP contribution in [0.5, 0.6) is 0 Å². The fourth-order valence-corrected chi connectivity index (χ4v) is 1.16. The average Bonchev–Trinajstić information content (AvgIpc) is 2.52. The van der Waals surface area contributed by atoms with E-state index in [9.17, 15) is 4.79 Å². The quantitative estimate of drug-likeness (QED) is 0.612. The summed E-state index contributed by atoms with van der Waals surface area (Å²) >= 11 is 0. The van der Waals surface area contributed by atoms with E-state index >= 15 is 0 Å². The molecule has 0 aliphatic heterocycles. The summed E-state index contributed by atoms with van der Waals surface area (Å²) in [5.41, 5.74) is -0.755. The summed E-state index contributed by atoms with van der Waals surface area (Å²) in [5, 5.41) is 0. The van der Waals surface area contributed by atoms with Gasteiger partial charge in [-0.15, -0.1) is 0 Å². The number of methoxy groups -OCH3 is 1. The molecule has 0 fully saturated rings. The number of ketones is 1. The van der Waals surface area contributed by atoms with Crippen LogP contribution in [-0.4, -0.2) is 18.5 Å². The summed E-state index contributed by atoms with van der Waals surface area (Å²) < 4.78 is 5.13. The minimum atomic E-state index is -0.755. The first-order valence-corrected chi connectivity index (χ1v) is 3.70. The summed E-state index contributed by atoms with van der Waals surface area (Å²) in [7, 11) is 1.55. The monoisotopic (exact) mass is 152 g/mol. The fraction of sp³-hybridized carbons (Fsp3) is 0.444. The average molecular weight is 152 g/mol. The van der Waals surface area contributed by atoms with E-state index in [1.807, 2.05) is 19.1 Å². The van der Waals surface area contributed by atoms with E-state index in [-0.39, 0.29) is 5.78 Å². The maximum absolute atomic E-state index is 11.3. The van der Waals surface area contributed by atoms with E-state index in [0.29, 0.717) is 6.42 Å². The Bertz CT molecular complexity index is 202. The van der Waals surface area contributed by atoms with Crippen LogP contribution in [0.15, 0.2) is 24.3 Å². The van der Waals surface area contributed by atoms with Crippen LogP contribution in [-0.2, 0) is 9.53 Å². The van der Waals surface area contributed by atoms with E-state index in [1.54, 1.807) is 19.3 Å². The van der Waals surface area contributed by atoms with Crippen molar-refractivity contribution in [3.05, 3.63) is 24.3 Å². The van der Waals surface area contributed by atoms with E-state index in [1.165, 1.54) is 0 Å². The fourth-order valence-electron chi connectivity index (χ4n) is 1.16. The van der Waals surface area contributed by atoms with Crippen molar-refractivity contribution >= 4 is 5.78 Å². The van der Waals surface area contributed by atoms with Crippen molar-refractivity contribution in [2.75, 3.05) is 7.11 Å². The third-order valence-corrected chi connectivity index (χ3v) is 1.89. The predicted octanol–water partition coefficient (Wildman–Crippen LogP) is 1.48. The number of ether oxygens (including phenoxy) is 1. The highest BCUT2D eigenvalue weighted by atomic mass is 16.5. The summed E-state index contributed by atoms with van der Waals surface area (Å²) in [6.45, 7) is 1.84.